The molecule has 5 atom stereocenters. The van der Waals surface area contributed by atoms with E-state index >= 15 is 0 Å². The number of aliphatic hydroxyl groups is 1. The van der Waals surface area contributed by atoms with Crippen molar-refractivity contribution < 1.29 is 80.2 Å². The van der Waals surface area contributed by atoms with Gasteiger partial charge >= 0.3 is 39.5 Å². The Morgan fingerprint density at radius 3 is 0.753 bits per heavy atom. The van der Waals surface area contributed by atoms with Gasteiger partial charge in [0.25, 0.3) is 0 Å². The van der Waals surface area contributed by atoms with Gasteiger partial charge in [0.15, 0.2) is 12.2 Å². The predicted molar refractivity (Wildman–Crippen MR) is 395 cm³/mol. The van der Waals surface area contributed by atoms with Crippen molar-refractivity contribution in [2.45, 2.75) is 412 Å². The summed E-state index contributed by atoms with van der Waals surface area (Å²) >= 11 is 0. The average Bonchev–Trinajstić information content (AvgIpc) is 2.93. The first kappa shape index (κ1) is 94.5. The molecule has 0 saturated carbocycles. The number of carbonyl (C=O) groups excluding carboxylic acids is 4. The summed E-state index contributed by atoms with van der Waals surface area (Å²) in [4.78, 5) is 72.9. The van der Waals surface area contributed by atoms with Crippen molar-refractivity contribution in [1.29, 1.82) is 0 Å². The van der Waals surface area contributed by atoms with E-state index in [1.54, 1.807) is 0 Å². The molecular weight excluding hydrogens is 1270 g/mol. The van der Waals surface area contributed by atoms with E-state index in [1.807, 2.05) is 0 Å². The van der Waals surface area contributed by atoms with Crippen LogP contribution in [0.15, 0.2) is 24.3 Å². The Balaban J connectivity index is 5.29. The fourth-order valence-electron chi connectivity index (χ4n) is 11.6. The quantitative estimate of drug-likeness (QED) is 0.0169. The van der Waals surface area contributed by atoms with Crippen LogP contribution in [0.1, 0.15) is 394 Å². The average molecular weight is 1420 g/mol. The maximum Gasteiger partial charge on any atom is 0.472 e. The van der Waals surface area contributed by atoms with Crippen molar-refractivity contribution in [2.24, 2.45) is 0 Å². The van der Waals surface area contributed by atoms with Crippen molar-refractivity contribution in [2.75, 3.05) is 39.6 Å². The lowest BCUT2D eigenvalue weighted by Crippen LogP contribution is -2.30. The van der Waals surface area contributed by atoms with Gasteiger partial charge in [-0.3, -0.25) is 37.3 Å². The predicted octanol–water partition coefficient (Wildman–Crippen LogP) is 23.0. The first-order valence-corrected chi connectivity index (χ1v) is 43.1. The zero-order valence-electron chi connectivity index (χ0n) is 62.5. The minimum atomic E-state index is -4.97. The highest BCUT2D eigenvalue weighted by Gasteiger charge is 2.30. The van der Waals surface area contributed by atoms with Crippen LogP contribution >= 0.6 is 15.6 Å². The lowest BCUT2D eigenvalue weighted by atomic mass is 10.0. The Labute approximate surface area is 592 Å². The van der Waals surface area contributed by atoms with Gasteiger partial charge in [0, 0.05) is 25.7 Å². The van der Waals surface area contributed by atoms with Gasteiger partial charge < -0.3 is 33.8 Å². The van der Waals surface area contributed by atoms with Crippen LogP contribution in [-0.2, 0) is 65.4 Å². The van der Waals surface area contributed by atoms with Crippen LogP contribution in [0.2, 0.25) is 0 Å². The first-order valence-electron chi connectivity index (χ1n) is 40.1. The topological polar surface area (TPSA) is 237 Å². The summed E-state index contributed by atoms with van der Waals surface area (Å²) in [6.45, 7) is 4.95. The molecule has 3 N–H and O–H groups in total. The van der Waals surface area contributed by atoms with E-state index < -0.39 is 97.5 Å². The third kappa shape index (κ3) is 71.7. The maximum absolute atomic E-state index is 13.1. The molecule has 17 nitrogen and oxygen atoms in total. The number of hydrogen-bond donors (Lipinski definition) is 3. The fraction of sp³-hybridized carbons (Fsp3) is 0.897. The number of esters is 4. The normalized spacial score (nSPS) is 14.0. The Morgan fingerprint density at radius 1 is 0.289 bits per heavy atom. The number of carbonyl (C=O) groups is 4. The summed E-state index contributed by atoms with van der Waals surface area (Å²) in [5.41, 5.74) is 0. The molecule has 0 saturated heterocycles. The summed E-state index contributed by atoms with van der Waals surface area (Å²) in [6.07, 6.45) is 65.8. The monoisotopic (exact) mass is 1420 g/mol. The van der Waals surface area contributed by atoms with Crippen molar-refractivity contribution in [3.63, 3.8) is 0 Å². The van der Waals surface area contributed by atoms with Crippen LogP contribution in [0.25, 0.3) is 0 Å². The van der Waals surface area contributed by atoms with E-state index in [4.69, 9.17) is 37.0 Å². The number of phosphoric ester groups is 2. The molecular formula is C78H148O17P2. The lowest BCUT2D eigenvalue weighted by molar-refractivity contribution is -0.161. The van der Waals surface area contributed by atoms with Gasteiger partial charge in [-0.05, 0) is 51.4 Å². The molecule has 19 heteroatoms. The van der Waals surface area contributed by atoms with E-state index in [-0.39, 0.29) is 25.7 Å². The highest BCUT2D eigenvalue weighted by Crippen LogP contribution is 2.45. The second-order valence-electron chi connectivity index (χ2n) is 27.4. The smallest absolute Gasteiger partial charge is 0.462 e. The van der Waals surface area contributed by atoms with Crippen molar-refractivity contribution in [3.8, 4) is 0 Å². The van der Waals surface area contributed by atoms with E-state index in [1.165, 1.54) is 212 Å². The molecule has 0 spiro atoms. The third-order valence-corrected chi connectivity index (χ3v) is 19.6. The molecule has 0 rings (SSSR count). The summed E-state index contributed by atoms with van der Waals surface area (Å²) in [5.74, 6) is -2.14. The van der Waals surface area contributed by atoms with E-state index in [0.29, 0.717) is 25.7 Å². The Bertz CT molecular complexity index is 1940. The van der Waals surface area contributed by atoms with Crippen LogP contribution in [0.4, 0.5) is 0 Å². The lowest BCUT2D eigenvalue weighted by Gasteiger charge is -2.21. The molecule has 0 aliphatic carbocycles. The van der Waals surface area contributed by atoms with Crippen molar-refractivity contribution in [1.82, 2.24) is 0 Å². The summed E-state index contributed by atoms with van der Waals surface area (Å²) in [5, 5.41) is 10.6. The van der Waals surface area contributed by atoms with Crippen LogP contribution in [0.3, 0.4) is 0 Å². The first-order chi connectivity index (χ1) is 47.2. The van der Waals surface area contributed by atoms with Gasteiger partial charge in [0.05, 0.1) is 26.4 Å². The zero-order chi connectivity index (χ0) is 71.1. The summed E-state index contributed by atoms with van der Waals surface area (Å²) in [7, 11) is -9.93. The molecule has 0 bridgehead atoms. The van der Waals surface area contributed by atoms with Gasteiger partial charge in [-0.1, -0.05) is 341 Å². The molecule has 0 aromatic heterocycles. The van der Waals surface area contributed by atoms with E-state index in [2.05, 4.69) is 52.0 Å². The van der Waals surface area contributed by atoms with Gasteiger partial charge in [-0.2, -0.15) is 0 Å². The van der Waals surface area contributed by atoms with Crippen LogP contribution < -0.4 is 0 Å². The van der Waals surface area contributed by atoms with Crippen molar-refractivity contribution >= 4 is 39.5 Å². The molecule has 0 aliphatic rings. The van der Waals surface area contributed by atoms with Gasteiger partial charge in [0.2, 0.25) is 0 Å². The second kappa shape index (κ2) is 71.9. The van der Waals surface area contributed by atoms with E-state index in [0.717, 1.165) is 103 Å². The molecule has 0 heterocycles. The van der Waals surface area contributed by atoms with Gasteiger partial charge in [0.1, 0.15) is 19.3 Å². The van der Waals surface area contributed by atoms with Crippen molar-refractivity contribution in [3.05, 3.63) is 24.3 Å². The molecule has 0 amide bonds. The number of allylic oxidation sites excluding steroid dienone is 4. The summed E-state index contributed by atoms with van der Waals surface area (Å²) < 4.78 is 68.6. The van der Waals surface area contributed by atoms with Crippen LogP contribution in [0.5, 0.6) is 0 Å². The molecule has 97 heavy (non-hydrogen) atoms. The number of hydrogen-bond acceptors (Lipinski definition) is 15. The molecule has 0 radical (unpaired) electrons. The van der Waals surface area contributed by atoms with Gasteiger partial charge in [-0.25, -0.2) is 9.13 Å². The SMILES string of the molecule is CCCCCC/C=C\C=C/CCCCCCCC(=O)O[C@H](COC(=O)CCCCCCCCCCCCCCCCC)COP(=O)(O)OC[C@@H](O)COP(=O)(O)OC[C@@H](COC(=O)CCCCCCCCCCCCCC)OC(=O)CCCCCCCCCCCCCCCCC. The molecule has 0 aromatic carbocycles. The largest absolute Gasteiger partial charge is 0.472 e. The third-order valence-electron chi connectivity index (χ3n) is 17.7. The van der Waals surface area contributed by atoms with E-state index in [9.17, 15) is 43.2 Å². The Kier molecular flexibility index (Phi) is 70.1. The molecule has 2 unspecified atom stereocenters. The Hall–Kier alpha value is -2.46. The minimum Gasteiger partial charge on any atom is -0.462 e. The minimum absolute atomic E-state index is 0.0861. The number of phosphoric acid groups is 2. The number of aliphatic hydroxyl groups excluding tert-OH is 1. The van der Waals surface area contributed by atoms with Crippen LogP contribution in [0, 0.1) is 0 Å². The molecule has 0 aliphatic heterocycles. The second-order valence-corrected chi connectivity index (χ2v) is 30.3. The maximum atomic E-state index is 13.1. The van der Waals surface area contributed by atoms with Crippen LogP contribution in [-0.4, -0.2) is 96.7 Å². The van der Waals surface area contributed by atoms with Gasteiger partial charge in [-0.15, -0.1) is 0 Å². The fourth-order valence-corrected chi connectivity index (χ4v) is 13.1. The number of rotatable bonds is 77. The molecule has 0 aromatic rings. The Morgan fingerprint density at radius 2 is 0.495 bits per heavy atom. The molecule has 0 fully saturated rings. The molecule has 572 valence electrons. The highest BCUT2D eigenvalue weighted by atomic mass is 31.2. The number of ether oxygens (including phenoxy) is 4. The zero-order valence-corrected chi connectivity index (χ0v) is 64.3. The number of unbranched alkanes of at least 4 members (excludes halogenated alkanes) is 48. The summed E-state index contributed by atoms with van der Waals surface area (Å²) in [6, 6.07) is 0. The highest BCUT2D eigenvalue weighted by molar-refractivity contribution is 7.47. The standard InChI is InChI=1S/C78H148O17P2/c1-5-9-13-17-21-25-29-33-36-39-43-47-51-55-59-63-76(81)89-69-74(95-78(83)65-61-57-53-49-45-41-38-35-31-27-23-19-15-11-7-3)71-93-97(86,87)91-67-72(79)66-90-96(84,85)92-70-73(68-88-75(80)62-58-54-50-46-42-32-28-24-20-16-12-8-4)94-77(82)64-60-56-52-48-44-40-37-34-30-26-22-18-14-10-6-2/h27,31,35,38,72-74,79H,5-26,28-30,32-34,36-37,39-71H2,1-4H3,(H,84,85)(H,86,87)/b31-27-,38-35-/t72-,73+,74+/m0/s1.